The molecule has 2 heterocycles. The number of amides is 1. The second-order valence-electron chi connectivity index (χ2n) is 5.13. The maximum absolute atomic E-state index is 12.2. The van der Waals surface area contributed by atoms with Crippen molar-refractivity contribution in [3.8, 4) is 0 Å². The van der Waals surface area contributed by atoms with E-state index in [0.717, 1.165) is 31.9 Å². The molecule has 2 N–H and O–H groups in total. The van der Waals surface area contributed by atoms with Gasteiger partial charge in [-0.1, -0.05) is 6.07 Å². The Bertz CT molecular complexity index is 649. The molecule has 0 bridgehead atoms. The van der Waals surface area contributed by atoms with Crippen LogP contribution in [0.3, 0.4) is 0 Å². The van der Waals surface area contributed by atoms with E-state index < -0.39 is 0 Å². The van der Waals surface area contributed by atoms with Gasteiger partial charge in [0.15, 0.2) is 5.82 Å². The molecule has 6 heteroatoms. The molecule has 2 aromatic rings. The van der Waals surface area contributed by atoms with Crippen molar-refractivity contribution in [2.75, 3.05) is 6.54 Å². The molecule has 0 atom stereocenters. The van der Waals surface area contributed by atoms with Crippen LogP contribution in [0.15, 0.2) is 24.5 Å². The highest BCUT2D eigenvalue weighted by Gasteiger charge is 2.13. The van der Waals surface area contributed by atoms with Crippen molar-refractivity contribution in [2.45, 2.75) is 33.0 Å². The van der Waals surface area contributed by atoms with E-state index in [1.807, 2.05) is 23.6 Å². The Morgan fingerprint density at radius 3 is 3.19 bits per heavy atom. The molecule has 3 rings (SSSR count). The topological polar surface area (TPSA) is 71.8 Å². The fourth-order valence-corrected chi connectivity index (χ4v) is 2.56. The fraction of sp³-hybridized carbons (Fsp3) is 0.400. The first kappa shape index (κ1) is 13.8. The lowest BCUT2D eigenvalue weighted by molar-refractivity contribution is 0.0949. The third-order valence-electron chi connectivity index (χ3n) is 3.80. The lowest BCUT2D eigenvalue weighted by Crippen LogP contribution is -2.27. The minimum atomic E-state index is -0.0750. The maximum atomic E-state index is 12.2. The van der Waals surface area contributed by atoms with Crippen LogP contribution >= 0.6 is 0 Å². The van der Waals surface area contributed by atoms with Crippen LogP contribution in [0.5, 0.6) is 0 Å². The first-order chi connectivity index (χ1) is 10.3. The van der Waals surface area contributed by atoms with E-state index in [1.165, 1.54) is 11.1 Å². The van der Waals surface area contributed by atoms with Crippen LogP contribution in [-0.4, -0.2) is 27.2 Å². The zero-order chi connectivity index (χ0) is 14.7. The van der Waals surface area contributed by atoms with Crippen molar-refractivity contribution in [1.82, 2.24) is 25.4 Å². The Labute approximate surface area is 123 Å². The molecule has 0 unspecified atom stereocenters. The van der Waals surface area contributed by atoms with E-state index in [2.05, 4.69) is 26.9 Å². The van der Waals surface area contributed by atoms with Gasteiger partial charge in [-0.05, 0) is 43.1 Å². The van der Waals surface area contributed by atoms with Gasteiger partial charge in [0.25, 0.3) is 5.91 Å². The van der Waals surface area contributed by atoms with Gasteiger partial charge in [-0.25, -0.2) is 0 Å². The second-order valence-corrected chi connectivity index (χ2v) is 5.13. The number of nitrogens with one attached hydrogen (secondary N) is 2. The first-order valence-electron chi connectivity index (χ1n) is 7.25. The van der Waals surface area contributed by atoms with Gasteiger partial charge in [-0.15, -0.1) is 10.2 Å². The summed E-state index contributed by atoms with van der Waals surface area (Å²) < 4.78 is 1.91. The Kier molecular flexibility index (Phi) is 3.96. The molecule has 0 saturated heterocycles. The van der Waals surface area contributed by atoms with E-state index in [-0.39, 0.29) is 5.91 Å². The number of carbonyl (C=O) groups excluding carboxylic acids is 1. The first-order valence-corrected chi connectivity index (χ1v) is 7.25. The molecule has 1 aromatic carbocycles. The summed E-state index contributed by atoms with van der Waals surface area (Å²) in [7, 11) is 0. The normalized spacial score (nSPS) is 13.8. The Balaban J connectivity index is 1.68. The monoisotopic (exact) mass is 285 g/mol. The number of aromatic nitrogens is 3. The quantitative estimate of drug-likeness (QED) is 0.874. The average molecular weight is 285 g/mol. The number of aryl methyl sites for hydroxylation is 1. The summed E-state index contributed by atoms with van der Waals surface area (Å²) in [5.41, 5.74) is 3.24. The highest BCUT2D eigenvalue weighted by molar-refractivity contribution is 5.94. The van der Waals surface area contributed by atoms with Crippen LogP contribution in [0, 0.1) is 0 Å². The molecule has 1 aliphatic rings. The third kappa shape index (κ3) is 2.95. The molecule has 1 aromatic heterocycles. The minimum Gasteiger partial charge on any atom is -0.345 e. The molecular formula is C15H19N5O. The van der Waals surface area contributed by atoms with Crippen LogP contribution in [0.25, 0.3) is 0 Å². The van der Waals surface area contributed by atoms with Crippen LogP contribution in [0.4, 0.5) is 0 Å². The van der Waals surface area contributed by atoms with Gasteiger partial charge in [-0.3, -0.25) is 4.79 Å². The molecule has 110 valence electrons. The van der Waals surface area contributed by atoms with E-state index in [0.29, 0.717) is 12.1 Å². The molecule has 0 saturated carbocycles. The number of fused-ring (bicyclic) bond motifs is 1. The highest BCUT2D eigenvalue weighted by atomic mass is 16.1. The summed E-state index contributed by atoms with van der Waals surface area (Å²) in [6, 6.07) is 5.92. The van der Waals surface area contributed by atoms with Crippen LogP contribution < -0.4 is 10.6 Å². The Morgan fingerprint density at radius 2 is 2.33 bits per heavy atom. The molecule has 0 radical (unpaired) electrons. The van der Waals surface area contributed by atoms with Crippen molar-refractivity contribution < 1.29 is 4.79 Å². The van der Waals surface area contributed by atoms with Gasteiger partial charge in [0.2, 0.25) is 0 Å². The minimum absolute atomic E-state index is 0.0750. The lowest BCUT2D eigenvalue weighted by atomic mass is 9.98. The molecule has 0 aliphatic carbocycles. The van der Waals surface area contributed by atoms with Gasteiger partial charge < -0.3 is 15.2 Å². The maximum Gasteiger partial charge on any atom is 0.251 e. The molecule has 1 aliphatic heterocycles. The number of carbonyl (C=O) groups is 1. The number of hydrogen-bond acceptors (Lipinski definition) is 4. The largest absolute Gasteiger partial charge is 0.345 e. The van der Waals surface area contributed by atoms with E-state index in [4.69, 9.17) is 0 Å². The van der Waals surface area contributed by atoms with Crippen LogP contribution in [0.2, 0.25) is 0 Å². The summed E-state index contributed by atoms with van der Waals surface area (Å²) in [5, 5.41) is 14.1. The Morgan fingerprint density at radius 1 is 1.43 bits per heavy atom. The zero-order valence-corrected chi connectivity index (χ0v) is 12.1. The summed E-state index contributed by atoms with van der Waals surface area (Å²) >= 11 is 0. The summed E-state index contributed by atoms with van der Waals surface area (Å²) in [4.78, 5) is 12.2. The second kappa shape index (κ2) is 6.05. The van der Waals surface area contributed by atoms with Gasteiger partial charge in [0.05, 0.1) is 6.54 Å². The standard InChI is InChI=1S/C15H19N5O/c1-2-20-10-18-19-14(20)9-17-15(21)12-4-3-11-5-6-16-8-13(11)7-12/h3-4,7,10,16H,2,5-6,8-9H2,1H3,(H,17,21). The molecular weight excluding hydrogens is 266 g/mol. The Hall–Kier alpha value is -2.21. The summed E-state index contributed by atoms with van der Waals surface area (Å²) in [5.74, 6) is 0.694. The van der Waals surface area contributed by atoms with Crippen molar-refractivity contribution in [2.24, 2.45) is 0 Å². The van der Waals surface area contributed by atoms with Gasteiger partial charge in [0, 0.05) is 18.7 Å². The number of rotatable bonds is 4. The van der Waals surface area contributed by atoms with Crippen molar-refractivity contribution in [1.29, 1.82) is 0 Å². The molecule has 0 fully saturated rings. The van der Waals surface area contributed by atoms with Gasteiger partial charge in [0.1, 0.15) is 6.33 Å². The smallest absolute Gasteiger partial charge is 0.251 e. The van der Waals surface area contributed by atoms with Crippen LogP contribution in [-0.2, 0) is 26.1 Å². The highest BCUT2D eigenvalue weighted by Crippen LogP contribution is 2.15. The van der Waals surface area contributed by atoms with Gasteiger partial charge >= 0.3 is 0 Å². The molecule has 6 nitrogen and oxygen atoms in total. The number of nitrogens with zero attached hydrogens (tertiary/aromatic N) is 3. The van der Waals surface area contributed by atoms with Crippen LogP contribution in [0.1, 0.15) is 34.2 Å². The third-order valence-corrected chi connectivity index (χ3v) is 3.80. The van der Waals surface area contributed by atoms with E-state index >= 15 is 0 Å². The predicted molar refractivity (Wildman–Crippen MR) is 78.7 cm³/mol. The molecule has 21 heavy (non-hydrogen) atoms. The fourth-order valence-electron chi connectivity index (χ4n) is 2.56. The number of benzene rings is 1. The molecule has 0 spiro atoms. The zero-order valence-electron chi connectivity index (χ0n) is 12.1. The predicted octanol–water partition coefficient (Wildman–Crippen LogP) is 0.874. The van der Waals surface area contributed by atoms with Crippen molar-refractivity contribution in [3.63, 3.8) is 0 Å². The van der Waals surface area contributed by atoms with Crippen molar-refractivity contribution >= 4 is 5.91 Å². The summed E-state index contributed by atoms with van der Waals surface area (Å²) in [6.07, 6.45) is 2.70. The number of hydrogen-bond donors (Lipinski definition) is 2. The molecule has 1 amide bonds. The summed E-state index contributed by atoms with van der Waals surface area (Å²) in [6.45, 7) is 5.04. The average Bonchev–Trinajstić information content (AvgIpc) is 2.99. The van der Waals surface area contributed by atoms with Crippen molar-refractivity contribution in [3.05, 3.63) is 47.0 Å². The van der Waals surface area contributed by atoms with Gasteiger partial charge in [-0.2, -0.15) is 0 Å². The SMILES string of the molecule is CCn1cnnc1CNC(=O)c1ccc2c(c1)CNCC2. The lowest BCUT2D eigenvalue weighted by Gasteiger charge is -2.17. The van der Waals surface area contributed by atoms with E-state index in [1.54, 1.807) is 6.33 Å². The van der Waals surface area contributed by atoms with E-state index in [9.17, 15) is 4.79 Å².